The fraction of sp³-hybridized carbons (Fsp3) is 0.263. The second-order valence-electron chi connectivity index (χ2n) is 6.03. The number of carbonyl (C=O) groups excluding carboxylic acids is 1. The van der Waals surface area contributed by atoms with Gasteiger partial charge in [0.25, 0.3) is 5.91 Å². The summed E-state index contributed by atoms with van der Waals surface area (Å²) >= 11 is 1.71. The zero-order valence-corrected chi connectivity index (χ0v) is 14.2. The largest absolute Gasteiger partial charge is 0.479 e. The van der Waals surface area contributed by atoms with E-state index >= 15 is 0 Å². The highest BCUT2D eigenvalue weighted by molar-refractivity contribution is 7.97. The van der Waals surface area contributed by atoms with Gasteiger partial charge in [0, 0.05) is 17.2 Å². The summed E-state index contributed by atoms with van der Waals surface area (Å²) in [5, 5.41) is 12.4. The van der Waals surface area contributed by atoms with Gasteiger partial charge in [0.15, 0.2) is 0 Å². The molecule has 0 bridgehead atoms. The van der Waals surface area contributed by atoms with E-state index in [4.69, 9.17) is 0 Å². The van der Waals surface area contributed by atoms with Gasteiger partial charge in [0.1, 0.15) is 5.54 Å². The lowest BCUT2D eigenvalue weighted by Crippen LogP contribution is -2.44. The van der Waals surface area contributed by atoms with Crippen LogP contribution in [0.1, 0.15) is 33.8 Å². The van der Waals surface area contributed by atoms with Gasteiger partial charge in [-0.05, 0) is 35.9 Å². The van der Waals surface area contributed by atoms with Crippen molar-refractivity contribution in [3.63, 3.8) is 0 Å². The Morgan fingerprint density at radius 1 is 1.17 bits per heavy atom. The molecule has 1 fully saturated rings. The Balaban J connectivity index is 1.75. The number of carboxylic acids is 1. The minimum atomic E-state index is -1.20. The Kier molecular flexibility index (Phi) is 4.62. The molecule has 1 aliphatic rings. The molecule has 0 radical (unpaired) electrons. The van der Waals surface area contributed by atoms with Crippen LogP contribution in [0.15, 0.2) is 54.6 Å². The summed E-state index contributed by atoms with van der Waals surface area (Å²) < 4.78 is 0. The smallest absolute Gasteiger partial charge is 0.330 e. The molecule has 2 aromatic rings. The van der Waals surface area contributed by atoms with Crippen LogP contribution in [0.2, 0.25) is 0 Å². The first-order valence-corrected chi connectivity index (χ1v) is 9.15. The van der Waals surface area contributed by atoms with Crippen LogP contribution in [-0.4, -0.2) is 28.8 Å². The molecule has 3 rings (SSSR count). The predicted molar refractivity (Wildman–Crippen MR) is 95.3 cm³/mol. The maximum atomic E-state index is 12.5. The Bertz CT molecular complexity index is 745. The van der Waals surface area contributed by atoms with Gasteiger partial charge in [0.2, 0.25) is 0 Å². The first kappa shape index (κ1) is 16.6. The molecule has 0 aliphatic heterocycles. The van der Waals surface area contributed by atoms with E-state index in [1.807, 2.05) is 48.7 Å². The van der Waals surface area contributed by atoms with Crippen molar-refractivity contribution in [3.8, 4) is 0 Å². The van der Waals surface area contributed by atoms with E-state index in [0.717, 1.165) is 16.9 Å². The van der Waals surface area contributed by atoms with Crippen molar-refractivity contribution >= 4 is 23.6 Å². The highest BCUT2D eigenvalue weighted by atomic mass is 32.2. The van der Waals surface area contributed by atoms with Gasteiger partial charge in [-0.3, -0.25) is 4.79 Å². The third kappa shape index (κ3) is 3.17. The maximum absolute atomic E-state index is 12.5. The van der Waals surface area contributed by atoms with Crippen LogP contribution in [0.4, 0.5) is 0 Å². The van der Waals surface area contributed by atoms with E-state index in [-0.39, 0.29) is 11.8 Å². The Labute approximate surface area is 145 Å². The number of carbonyl (C=O) groups is 2. The van der Waals surface area contributed by atoms with E-state index in [1.165, 1.54) is 0 Å². The van der Waals surface area contributed by atoms with Crippen molar-refractivity contribution in [1.29, 1.82) is 0 Å². The van der Waals surface area contributed by atoms with Crippen LogP contribution < -0.4 is 5.32 Å². The van der Waals surface area contributed by atoms with Gasteiger partial charge in [-0.2, -0.15) is 11.8 Å². The lowest BCUT2D eigenvalue weighted by Gasteiger charge is -2.15. The molecule has 2 N–H and O–H groups in total. The SMILES string of the molecule is CSCc1ccc(C(=O)NC2(C(=O)O)CC2c2ccccc2)cc1. The number of thioether (sulfide) groups is 1. The molecule has 0 saturated heterocycles. The zero-order valence-electron chi connectivity index (χ0n) is 13.4. The van der Waals surface area contributed by atoms with Crippen molar-refractivity contribution in [2.45, 2.75) is 23.6 Å². The number of benzene rings is 2. The third-order valence-corrected chi connectivity index (χ3v) is 5.03. The molecular weight excluding hydrogens is 322 g/mol. The molecule has 124 valence electrons. The van der Waals surface area contributed by atoms with Crippen molar-refractivity contribution in [2.75, 3.05) is 6.26 Å². The van der Waals surface area contributed by atoms with Crippen LogP contribution in [0.3, 0.4) is 0 Å². The van der Waals surface area contributed by atoms with Crippen molar-refractivity contribution in [2.24, 2.45) is 0 Å². The molecule has 4 nitrogen and oxygen atoms in total. The molecule has 2 atom stereocenters. The molecule has 1 aliphatic carbocycles. The molecule has 0 heterocycles. The van der Waals surface area contributed by atoms with Crippen LogP contribution in [-0.2, 0) is 10.5 Å². The molecule has 1 saturated carbocycles. The maximum Gasteiger partial charge on any atom is 0.330 e. The molecule has 0 spiro atoms. The molecule has 1 amide bonds. The van der Waals surface area contributed by atoms with Gasteiger partial charge < -0.3 is 10.4 Å². The summed E-state index contributed by atoms with van der Waals surface area (Å²) in [7, 11) is 0. The minimum Gasteiger partial charge on any atom is -0.479 e. The number of hydrogen-bond acceptors (Lipinski definition) is 3. The minimum absolute atomic E-state index is 0.184. The lowest BCUT2D eigenvalue weighted by atomic mass is 10.1. The number of rotatable bonds is 6. The Morgan fingerprint density at radius 3 is 2.42 bits per heavy atom. The fourth-order valence-corrected chi connectivity index (χ4v) is 3.50. The second kappa shape index (κ2) is 6.69. The van der Waals surface area contributed by atoms with Crippen LogP contribution in [0, 0.1) is 0 Å². The molecule has 0 aromatic heterocycles. The quantitative estimate of drug-likeness (QED) is 0.846. The van der Waals surface area contributed by atoms with Gasteiger partial charge in [-0.15, -0.1) is 0 Å². The summed E-state index contributed by atoms with van der Waals surface area (Å²) in [6, 6.07) is 16.8. The molecule has 5 heteroatoms. The van der Waals surface area contributed by atoms with Crippen LogP contribution in [0.25, 0.3) is 0 Å². The number of nitrogens with one attached hydrogen (secondary N) is 1. The Morgan fingerprint density at radius 2 is 1.83 bits per heavy atom. The summed E-state index contributed by atoms with van der Waals surface area (Å²) in [5.41, 5.74) is 1.37. The van der Waals surface area contributed by atoms with Crippen molar-refractivity contribution in [1.82, 2.24) is 5.32 Å². The van der Waals surface area contributed by atoms with Crippen LogP contribution in [0.5, 0.6) is 0 Å². The second-order valence-corrected chi connectivity index (χ2v) is 6.89. The molecule has 2 aromatic carbocycles. The van der Waals surface area contributed by atoms with E-state index < -0.39 is 11.5 Å². The number of amides is 1. The molecule has 24 heavy (non-hydrogen) atoms. The summed E-state index contributed by atoms with van der Waals surface area (Å²) in [6.07, 6.45) is 2.44. The van der Waals surface area contributed by atoms with Gasteiger partial charge in [0.05, 0.1) is 0 Å². The topological polar surface area (TPSA) is 66.4 Å². The lowest BCUT2D eigenvalue weighted by molar-refractivity contribution is -0.140. The van der Waals surface area contributed by atoms with E-state index in [1.54, 1.807) is 23.9 Å². The number of aliphatic carboxylic acids is 1. The summed E-state index contributed by atoms with van der Waals surface area (Å²) in [6.45, 7) is 0. The Hall–Kier alpha value is -2.27. The van der Waals surface area contributed by atoms with Crippen LogP contribution >= 0.6 is 11.8 Å². The standard InChI is InChI=1S/C19H19NO3S/c1-24-12-13-7-9-15(10-8-13)17(21)20-19(18(22)23)11-16(19)14-5-3-2-4-6-14/h2-10,16H,11-12H2,1H3,(H,20,21)(H,22,23). The molecule has 2 unspecified atom stereocenters. The summed E-state index contributed by atoms with van der Waals surface area (Å²) in [5.74, 6) is -0.622. The summed E-state index contributed by atoms with van der Waals surface area (Å²) in [4.78, 5) is 24.2. The zero-order chi connectivity index (χ0) is 17.2. The highest BCUT2D eigenvalue weighted by Crippen LogP contribution is 2.51. The van der Waals surface area contributed by atoms with Gasteiger partial charge >= 0.3 is 5.97 Å². The van der Waals surface area contributed by atoms with Gasteiger partial charge in [-0.1, -0.05) is 42.5 Å². The van der Waals surface area contributed by atoms with E-state index in [9.17, 15) is 14.7 Å². The number of hydrogen-bond donors (Lipinski definition) is 2. The predicted octanol–water partition coefficient (Wildman–Crippen LogP) is 3.29. The van der Waals surface area contributed by atoms with Crippen molar-refractivity contribution in [3.05, 3.63) is 71.3 Å². The van der Waals surface area contributed by atoms with E-state index in [2.05, 4.69) is 5.32 Å². The molecular formula is C19H19NO3S. The monoisotopic (exact) mass is 341 g/mol. The first-order chi connectivity index (χ1) is 11.6. The number of carboxylic acid groups (broad SMARTS) is 1. The highest BCUT2D eigenvalue weighted by Gasteiger charge is 2.62. The van der Waals surface area contributed by atoms with Gasteiger partial charge in [-0.25, -0.2) is 4.79 Å². The third-order valence-electron chi connectivity index (χ3n) is 4.41. The average molecular weight is 341 g/mol. The van der Waals surface area contributed by atoms with E-state index in [0.29, 0.717) is 12.0 Å². The first-order valence-electron chi connectivity index (χ1n) is 7.75. The average Bonchev–Trinajstić information content (AvgIpc) is 3.32. The fourth-order valence-electron chi connectivity index (χ4n) is 2.97. The normalized spacial score (nSPS) is 22.0. The van der Waals surface area contributed by atoms with Crippen molar-refractivity contribution < 1.29 is 14.7 Å².